The Balaban J connectivity index is 2.53. The minimum absolute atomic E-state index is 0.00535. The molecule has 17 heavy (non-hydrogen) atoms. The first-order valence-electron chi connectivity index (χ1n) is 4.75. The second kappa shape index (κ2) is 4.17. The van der Waals surface area contributed by atoms with E-state index in [-0.39, 0.29) is 5.69 Å². The molecule has 0 saturated carbocycles. The van der Waals surface area contributed by atoms with E-state index in [1.165, 1.54) is 10.7 Å². The van der Waals surface area contributed by atoms with Crippen molar-refractivity contribution in [2.75, 3.05) is 5.73 Å². The van der Waals surface area contributed by atoms with Crippen molar-refractivity contribution in [3.8, 4) is 5.69 Å². The van der Waals surface area contributed by atoms with Gasteiger partial charge < -0.3 is 5.73 Å². The zero-order valence-electron chi connectivity index (χ0n) is 8.92. The summed E-state index contributed by atoms with van der Waals surface area (Å²) in [6, 6.07) is 4.78. The summed E-state index contributed by atoms with van der Waals surface area (Å²) in [5.74, 6) is 0.413. The van der Waals surface area contributed by atoms with Crippen LogP contribution in [0.3, 0.4) is 0 Å². The molecule has 1 aromatic carbocycles. The molecule has 0 unspecified atom stereocenters. The number of nitrogens with zero attached hydrogens (tertiary/aromatic N) is 3. The number of hydrogen-bond acceptors (Lipinski definition) is 4. The minimum Gasteiger partial charge on any atom is -0.382 e. The van der Waals surface area contributed by atoms with Crippen LogP contribution in [0.1, 0.15) is 5.56 Å². The van der Waals surface area contributed by atoms with E-state index in [0.717, 1.165) is 5.56 Å². The maximum atomic E-state index is 10.8. The first-order valence-corrected chi connectivity index (χ1v) is 5.54. The Morgan fingerprint density at radius 3 is 2.76 bits per heavy atom. The van der Waals surface area contributed by atoms with Crippen LogP contribution in [-0.2, 0) is 0 Å². The molecule has 0 fully saturated rings. The number of nitro groups is 1. The van der Waals surface area contributed by atoms with Crippen LogP contribution in [-0.4, -0.2) is 14.7 Å². The normalized spacial score (nSPS) is 10.5. The molecule has 2 rings (SSSR count). The van der Waals surface area contributed by atoms with Gasteiger partial charge in [-0.1, -0.05) is 0 Å². The fourth-order valence-corrected chi connectivity index (χ4v) is 1.78. The highest BCUT2D eigenvalue weighted by molar-refractivity contribution is 9.10. The standard InChI is InChI=1S/C10H9BrN4O2/c1-6-5-14(13-10(6)12)7-2-3-8(11)9(4-7)15(16)17/h2-5H,1H3,(H2,12,13). The van der Waals surface area contributed by atoms with Crippen molar-refractivity contribution in [3.05, 3.63) is 44.5 Å². The molecule has 0 aliphatic carbocycles. The topological polar surface area (TPSA) is 87.0 Å². The number of nitro benzene ring substituents is 1. The van der Waals surface area contributed by atoms with E-state index in [1.54, 1.807) is 18.3 Å². The SMILES string of the molecule is Cc1cn(-c2ccc(Br)c([N+](=O)[O-])c2)nc1N. The van der Waals surface area contributed by atoms with Crippen LogP contribution < -0.4 is 5.73 Å². The van der Waals surface area contributed by atoms with Crippen LogP contribution in [0.4, 0.5) is 11.5 Å². The number of rotatable bonds is 2. The first kappa shape index (κ1) is 11.6. The van der Waals surface area contributed by atoms with E-state index in [0.29, 0.717) is 16.0 Å². The molecule has 0 radical (unpaired) electrons. The fourth-order valence-electron chi connectivity index (χ4n) is 1.39. The van der Waals surface area contributed by atoms with E-state index < -0.39 is 4.92 Å². The smallest absolute Gasteiger partial charge is 0.285 e. The lowest BCUT2D eigenvalue weighted by atomic mass is 10.3. The predicted molar refractivity (Wildman–Crippen MR) is 67.1 cm³/mol. The molecule has 88 valence electrons. The average molecular weight is 297 g/mol. The number of benzene rings is 1. The van der Waals surface area contributed by atoms with Gasteiger partial charge in [-0.2, -0.15) is 5.10 Å². The summed E-state index contributed by atoms with van der Waals surface area (Å²) in [4.78, 5) is 10.3. The Hall–Kier alpha value is -1.89. The molecule has 0 aliphatic rings. The van der Waals surface area contributed by atoms with Gasteiger partial charge in [0.1, 0.15) is 5.82 Å². The molecule has 0 atom stereocenters. The van der Waals surface area contributed by atoms with Gasteiger partial charge >= 0.3 is 0 Å². The number of halogens is 1. The molecule has 1 aromatic heterocycles. The number of hydrogen-bond donors (Lipinski definition) is 1. The van der Waals surface area contributed by atoms with Crippen LogP contribution in [0.2, 0.25) is 0 Å². The third-order valence-corrected chi connectivity index (χ3v) is 3.00. The molecule has 0 saturated heterocycles. The van der Waals surface area contributed by atoms with E-state index >= 15 is 0 Å². The maximum Gasteiger partial charge on any atom is 0.285 e. The van der Waals surface area contributed by atoms with Crippen LogP contribution in [0.5, 0.6) is 0 Å². The molecular formula is C10H9BrN4O2. The zero-order valence-corrected chi connectivity index (χ0v) is 10.5. The Morgan fingerprint density at radius 2 is 2.24 bits per heavy atom. The summed E-state index contributed by atoms with van der Waals surface area (Å²) < 4.78 is 1.95. The highest BCUT2D eigenvalue weighted by Crippen LogP contribution is 2.27. The highest BCUT2D eigenvalue weighted by atomic mass is 79.9. The Kier molecular flexibility index (Phi) is 2.84. The Bertz CT molecular complexity index is 574. The second-order valence-electron chi connectivity index (χ2n) is 3.53. The summed E-state index contributed by atoms with van der Waals surface area (Å²) in [5, 5.41) is 14.9. The number of anilines is 1. The van der Waals surface area contributed by atoms with E-state index in [9.17, 15) is 10.1 Å². The summed E-state index contributed by atoms with van der Waals surface area (Å²) in [7, 11) is 0. The lowest BCUT2D eigenvalue weighted by Gasteiger charge is -2.02. The number of nitrogens with two attached hydrogens (primary N) is 1. The summed E-state index contributed by atoms with van der Waals surface area (Å²) in [6.45, 7) is 1.83. The third-order valence-electron chi connectivity index (χ3n) is 2.33. The van der Waals surface area contributed by atoms with Crippen molar-refractivity contribution in [2.45, 2.75) is 6.92 Å². The lowest BCUT2D eigenvalue weighted by Crippen LogP contribution is -1.98. The second-order valence-corrected chi connectivity index (χ2v) is 4.39. The van der Waals surface area contributed by atoms with Crippen molar-refractivity contribution in [1.29, 1.82) is 0 Å². The molecular weight excluding hydrogens is 288 g/mol. The summed E-state index contributed by atoms with van der Waals surface area (Å²) in [5.41, 5.74) is 7.05. The number of nitrogen functional groups attached to an aromatic ring is 1. The van der Waals surface area contributed by atoms with Gasteiger partial charge in [0, 0.05) is 17.8 Å². The van der Waals surface area contributed by atoms with Gasteiger partial charge in [0.25, 0.3) is 5.69 Å². The summed E-state index contributed by atoms with van der Waals surface area (Å²) in [6.07, 6.45) is 1.72. The predicted octanol–water partition coefficient (Wildman–Crippen LogP) is 2.43. The van der Waals surface area contributed by atoms with Crippen molar-refractivity contribution >= 4 is 27.4 Å². The van der Waals surface area contributed by atoms with Crippen molar-refractivity contribution < 1.29 is 4.92 Å². The number of aromatic nitrogens is 2. The monoisotopic (exact) mass is 296 g/mol. The van der Waals surface area contributed by atoms with Crippen LogP contribution >= 0.6 is 15.9 Å². The van der Waals surface area contributed by atoms with Crippen LogP contribution in [0, 0.1) is 17.0 Å². The summed E-state index contributed by atoms with van der Waals surface area (Å²) >= 11 is 3.13. The fraction of sp³-hybridized carbons (Fsp3) is 0.100. The minimum atomic E-state index is -0.451. The van der Waals surface area contributed by atoms with Crippen LogP contribution in [0.25, 0.3) is 5.69 Å². The largest absolute Gasteiger partial charge is 0.382 e. The Labute approximate surface area is 105 Å². The van der Waals surface area contributed by atoms with Crippen molar-refractivity contribution in [1.82, 2.24) is 9.78 Å². The molecule has 0 bridgehead atoms. The van der Waals surface area contributed by atoms with Gasteiger partial charge in [0.05, 0.1) is 15.1 Å². The highest BCUT2D eigenvalue weighted by Gasteiger charge is 2.13. The molecule has 7 heteroatoms. The first-order chi connectivity index (χ1) is 7.99. The quantitative estimate of drug-likeness (QED) is 0.681. The number of aryl methyl sites for hydroxylation is 1. The van der Waals surface area contributed by atoms with E-state index in [2.05, 4.69) is 21.0 Å². The Morgan fingerprint density at radius 1 is 1.53 bits per heavy atom. The molecule has 2 N–H and O–H groups in total. The van der Waals surface area contributed by atoms with Gasteiger partial charge in [0.2, 0.25) is 0 Å². The maximum absolute atomic E-state index is 10.8. The van der Waals surface area contributed by atoms with Crippen LogP contribution in [0.15, 0.2) is 28.9 Å². The van der Waals surface area contributed by atoms with E-state index in [1.807, 2.05) is 6.92 Å². The zero-order chi connectivity index (χ0) is 12.6. The molecule has 0 amide bonds. The molecule has 0 spiro atoms. The van der Waals surface area contributed by atoms with E-state index in [4.69, 9.17) is 5.73 Å². The van der Waals surface area contributed by atoms with Crippen molar-refractivity contribution in [3.63, 3.8) is 0 Å². The molecule has 0 aliphatic heterocycles. The lowest BCUT2D eigenvalue weighted by molar-refractivity contribution is -0.385. The molecule has 1 heterocycles. The third kappa shape index (κ3) is 2.14. The van der Waals surface area contributed by atoms with Gasteiger partial charge in [-0.15, -0.1) is 0 Å². The average Bonchev–Trinajstić information content (AvgIpc) is 2.59. The van der Waals surface area contributed by atoms with Gasteiger partial charge in [-0.25, -0.2) is 4.68 Å². The van der Waals surface area contributed by atoms with Gasteiger partial charge in [0.15, 0.2) is 0 Å². The van der Waals surface area contributed by atoms with Gasteiger partial charge in [-0.3, -0.25) is 10.1 Å². The van der Waals surface area contributed by atoms with Crippen molar-refractivity contribution in [2.24, 2.45) is 0 Å². The molecule has 2 aromatic rings. The van der Waals surface area contributed by atoms with Gasteiger partial charge in [-0.05, 0) is 35.0 Å². The molecule has 6 nitrogen and oxygen atoms in total.